The molecular formula is C22H20FNO3. The third-order valence-corrected chi connectivity index (χ3v) is 5.08. The van der Waals surface area contributed by atoms with Crippen LogP contribution in [-0.2, 0) is 0 Å². The Morgan fingerprint density at radius 2 is 1.89 bits per heavy atom. The molecule has 27 heavy (non-hydrogen) atoms. The number of hydrogen-bond acceptors (Lipinski definition) is 3. The molecule has 0 spiro atoms. The predicted molar refractivity (Wildman–Crippen MR) is 102 cm³/mol. The second-order valence-corrected chi connectivity index (χ2v) is 7.05. The molecule has 1 amide bonds. The van der Waals surface area contributed by atoms with Crippen molar-refractivity contribution in [2.45, 2.75) is 33.2 Å². The average Bonchev–Trinajstić information content (AvgIpc) is 2.88. The zero-order valence-corrected chi connectivity index (χ0v) is 15.5. The Balaban J connectivity index is 2.08. The lowest BCUT2D eigenvalue weighted by molar-refractivity contribution is 0.0726. The maximum Gasteiger partial charge on any atom is 0.290 e. The lowest BCUT2D eigenvalue weighted by Crippen LogP contribution is -2.30. The van der Waals surface area contributed by atoms with Crippen LogP contribution in [-0.4, -0.2) is 17.4 Å². The molecule has 1 unspecified atom stereocenters. The molecule has 0 radical (unpaired) electrons. The summed E-state index contributed by atoms with van der Waals surface area (Å²) >= 11 is 0. The SMILES string of the molecule is CCCN1C(=O)c2oc3cc(C)cc(C)c3c(=O)c2C1c1ccccc1F. The van der Waals surface area contributed by atoms with Gasteiger partial charge in [0.15, 0.2) is 5.43 Å². The second-order valence-electron chi connectivity index (χ2n) is 7.05. The number of carbonyl (C=O) groups excluding carboxylic acids is 1. The summed E-state index contributed by atoms with van der Waals surface area (Å²) in [6.45, 7) is 6.11. The highest BCUT2D eigenvalue weighted by Crippen LogP contribution is 2.39. The van der Waals surface area contributed by atoms with E-state index in [1.54, 1.807) is 24.3 Å². The van der Waals surface area contributed by atoms with Crippen LogP contribution < -0.4 is 5.43 Å². The van der Waals surface area contributed by atoms with Crippen molar-refractivity contribution in [2.75, 3.05) is 6.54 Å². The first-order valence-electron chi connectivity index (χ1n) is 9.07. The van der Waals surface area contributed by atoms with E-state index >= 15 is 0 Å². The van der Waals surface area contributed by atoms with Gasteiger partial charge in [0.05, 0.1) is 17.0 Å². The highest BCUT2D eigenvalue weighted by atomic mass is 19.1. The van der Waals surface area contributed by atoms with E-state index in [0.29, 0.717) is 29.5 Å². The van der Waals surface area contributed by atoms with Gasteiger partial charge in [-0.05, 0) is 43.5 Å². The molecule has 0 N–H and O–H groups in total. The maximum absolute atomic E-state index is 14.6. The van der Waals surface area contributed by atoms with Crippen molar-refractivity contribution in [1.82, 2.24) is 4.90 Å². The van der Waals surface area contributed by atoms with E-state index in [2.05, 4.69) is 0 Å². The minimum atomic E-state index is -0.769. The van der Waals surface area contributed by atoms with Crippen LogP contribution >= 0.6 is 0 Å². The average molecular weight is 365 g/mol. The van der Waals surface area contributed by atoms with Crippen LogP contribution in [0, 0.1) is 19.7 Å². The van der Waals surface area contributed by atoms with E-state index in [-0.39, 0.29) is 22.7 Å². The summed E-state index contributed by atoms with van der Waals surface area (Å²) in [5, 5.41) is 0.451. The molecule has 1 atom stereocenters. The largest absolute Gasteiger partial charge is 0.450 e. The van der Waals surface area contributed by atoms with Crippen LogP contribution in [0.5, 0.6) is 0 Å². The summed E-state index contributed by atoms with van der Waals surface area (Å²) < 4.78 is 20.5. The van der Waals surface area contributed by atoms with Crippen molar-refractivity contribution in [2.24, 2.45) is 0 Å². The monoisotopic (exact) mass is 365 g/mol. The number of carbonyl (C=O) groups is 1. The topological polar surface area (TPSA) is 50.5 Å². The van der Waals surface area contributed by atoms with E-state index in [1.165, 1.54) is 11.0 Å². The number of fused-ring (bicyclic) bond motifs is 2. The standard InChI is InChI=1S/C22H20FNO3/c1-4-9-24-19(14-7-5-6-8-15(14)23)18-20(25)17-13(3)10-12(2)11-16(17)27-21(18)22(24)26/h5-8,10-11,19H,4,9H2,1-3H3. The van der Waals surface area contributed by atoms with Crippen LogP contribution in [0.15, 0.2) is 45.6 Å². The van der Waals surface area contributed by atoms with E-state index in [0.717, 1.165) is 11.1 Å². The molecule has 3 aromatic rings. The van der Waals surface area contributed by atoms with Crippen LogP contribution in [0.25, 0.3) is 11.0 Å². The van der Waals surface area contributed by atoms with Gasteiger partial charge in [-0.1, -0.05) is 31.2 Å². The summed E-state index contributed by atoms with van der Waals surface area (Å²) in [5.74, 6) is -0.776. The van der Waals surface area contributed by atoms with Gasteiger partial charge in [0.25, 0.3) is 5.91 Å². The van der Waals surface area contributed by atoms with E-state index in [4.69, 9.17) is 4.42 Å². The van der Waals surface area contributed by atoms with Gasteiger partial charge in [0.2, 0.25) is 5.76 Å². The van der Waals surface area contributed by atoms with E-state index < -0.39 is 11.9 Å². The fourth-order valence-corrected chi connectivity index (χ4v) is 4.01. The van der Waals surface area contributed by atoms with Crippen molar-refractivity contribution < 1.29 is 13.6 Å². The molecule has 0 aliphatic carbocycles. The minimum absolute atomic E-state index is 0.0270. The summed E-state index contributed by atoms with van der Waals surface area (Å²) in [4.78, 5) is 27.9. The van der Waals surface area contributed by atoms with Crippen molar-refractivity contribution in [3.63, 3.8) is 0 Å². The molecule has 0 fully saturated rings. The molecule has 1 aliphatic heterocycles. The zero-order chi connectivity index (χ0) is 19.3. The molecule has 4 nitrogen and oxygen atoms in total. The van der Waals surface area contributed by atoms with Crippen LogP contribution in [0.3, 0.4) is 0 Å². The van der Waals surface area contributed by atoms with Gasteiger partial charge in [-0.25, -0.2) is 4.39 Å². The number of hydrogen-bond donors (Lipinski definition) is 0. The Morgan fingerprint density at radius 1 is 1.15 bits per heavy atom. The van der Waals surface area contributed by atoms with Gasteiger partial charge in [-0.3, -0.25) is 9.59 Å². The Kier molecular flexibility index (Phi) is 4.10. The maximum atomic E-state index is 14.6. The molecule has 4 rings (SSSR count). The molecule has 138 valence electrons. The van der Waals surface area contributed by atoms with Crippen LogP contribution in [0.1, 0.15) is 52.2 Å². The molecule has 0 bridgehead atoms. The van der Waals surface area contributed by atoms with E-state index in [9.17, 15) is 14.0 Å². The van der Waals surface area contributed by atoms with Gasteiger partial charge in [0.1, 0.15) is 11.4 Å². The smallest absolute Gasteiger partial charge is 0.290 e. The molecule has 2 aromatic carbocycles. The lowest BCUT2D eigenvalue weighted by atomic mass is 9.96. The number of benzene rings is 2. The lowest BCUT2D eigenvalue weighted by Gasteiger charge is -2.24. The number of aryl methyl sites for hydroxylation is 2. The Bertz CT molecular complexity index is 1130. The Hall–Kier alpha value is -2.95. The molecule has 0 saturated heterocycles. The van der Waals surface area contributed by atoms with Gasteiger partial charge >= 0.3 is 0 Å². The van der Waals surface area contributed by atoms with Crippen molar-refractivity contribution >= 4 is 16.9 Å². The summed E-state index contributed by atoms with van der Waals surface area (Å²) in [6.07, 6.45) is 0.691. The predicted octanol–water partition coefficient (Wildman–Crippen LogP) is 4.50. The third kappa shape index (κ3) is 2.57. The molecule has 0 saturated carbocycles. The van der Waals surface area contributed by atoms with Crippen molar-refractivity contribution in [3.8, 4) is 0 Å². The van der Waals surface area contributed by atoms with Gasteiger partial charge in [-0.15, -0.1) is 0 Å². The van der Waals surface area contributed by atoms with Gasteiger partial charge < -0.3 is 9.32 Å². The van der Waals surface area contributed by atoms with Crippen molar-refractivity contribution in [3.05, 3.63) is 80.5 Å². The highest BCUT2D eigenvalue weighted by molar-refractivity contribution is 5.99. The first-order valence-corrected chi connectivity index (χ1v) is 9.07. The second kappa shape index (κ2) is 6.34. The first kappa shape index (κ1) is 17.5. The molecule has 1 aromatic heterocycles. The first-order chi connectivity index (χ1) is 12.9. The van der Waals surface area contributed by atoms with Gasteiger partial charge in [-0.2, -0.15) is 0 Å². The third-order valence-electron chi connectivity index (χ3n) is 5.08. The zero-order valence-electron chi connectivity index (χ0n) is 15.5. The quantitative estimate of drug-likeness (QED) is 0.686. The van der Waals surface area contributed by atoms with Gasteiger partial charge in [0, 0.05) is 12.1 Å². The molecule has 1 aliphatic rings. The highest BCUT2D eigenvalue weighted by Gasteiger charge is 2.43. The summed E-state index contributed by atoms with van der Waals surface area (Å²) in [6, 6.07) is 9.17. The molecular weight excluding hydrogens is 345 g/mol. The van der Waals surface area contributed by atoms with Crippen molar-refractivity contribution in [1.29, 1.82) is 0 Å². The fraction of sp³-hybridized carbons (Fsp3) is 0.273. The number of amides is 1. The summed E-state index contributed by atoms with van der Waals surface area (Å²) in [5.41, 5.74) is 2.42. The fourth-order valence-electron chi connectivity index (χ4n) is 4.01. The number of rotatable bonds is 3. The van der Waals surface area contributed by atoms with Crippen LogP contribution in [0.2, 0.25) is 0 Å². The van der Waals surface area contributed by atoms with E-state index in [1.807, 2.05) is 26.8 Å². The Morgan fingerprint density at radius 3 is 2.59 bits per heavy atom. The van der Waals surface area contributed by atoms with Crippen LogP contribution in [0.4, 0.5) is 4.39 Å². The summed E-state index contributed by atoms with van der Waals surface area (Å²) in [7, 11) is 0. The number of nitrogens with zero attached hydrogens (tertiary/aromatic N) is 1. The Labute approximate surface area is 156 Å². The normalized spacial score (nSPS) is 16.2. The minimum Gasteiger partial charge on any atom is -0.450 e. The molecule has 2 heterocycles. The number of halogens is 1. The molecule has 5 heteroatoms.